The maximum Gasteiger partial charge on any atom is 0.253 e. The van der Waals surface area contributed by atoms with Gasteiger partial charge in [-0.15, -0.1) is 0 Å². The van der Waals surface area contributed by atoms with Crippen molar-refractivity contribution >= 4 is 5.91 Å². The van der Waals surface area contributed by atoms with Crippen LogP contribution in [0.1, 0.15) is 62.4 Å². The Balaban J connectivity index is 0.00000154. The molecule has 2 nitrogen and oxygen atoms in total. The summed E-state index contributed by atoms with van der Waals surface area (Å²) in [6.07, 6.45) is 4.80. The molecule has 1 aromatic rings. The number of benzene rings is 1. The van der Waals surface area contributed by atoms with Crippen LogP contribution in [0.3, 0.4) is 0 Å². The third-order valence-corrected chi connectivity index (χ3v) is 2.96. The van der Waals surface area contributed by atoms with Crippen molar-refractivity contribution < 1.29 is 4.79 Å². The smallest absolute Gasteiger partial charge is 0.253 e. The van der Waals surface area contributed by atoms with Crippen LogP contribution >= 0.6 is 0 Å². The number of unbranched alkanes of at least 4 members (excludes halogenated alkanes) is 3. The molecule has 0 saturated carbocycles. The second kappa shape index (κ2) is 10.6. The standard InChI is InChI=1S/C15H23NO.C2H6/c1-4-5-6-7-11-16(3)15(17)14-10-8-9-13(2)12-14;1-2/h8-10,12H,4-7,11H2,1-3H3;1-2H3. The number of nitrogens with zero attached hydrogens (tertiary/aromatic N) is 1. The molecule has 0 saturated heterocycles. The molecule has 19 heavy (non-hydrogen) atoms. The van der Waals surface area contributed by atoms with Crippen molar-refractivity contribution in [1.29, 1.82) is 0 Å². The van der Waals surface area contributed by atoms with E-state index in [9.17, 15) is 4.79 Å². The van der Waals surface area contributed by atoms with E-state index in [1.54, 1.807) is 0 Å². The summed E-state index contributed by atoms with van der Waals surface area (Å²) in [5.41, 5.74) is 1.93. The van der Waals surface area contributed by atoms with E-state index >= 15 is 0 Å². The lowest BCUT2D eigenvalue weighted by Gasteiger charge is -2.17. The molecular formula is C17H29NO. The Morgan fingerprint density at radius 3 is 2.42 bits per heavy atom. The topological polar surface area (TPSA) is 20.3 Å². The SMILES string of the molecule is CC.CCCCCCN(C)C(=O)c1cccc(C)c1. The zero-order valence-electron chi connectivity index (χ0n) is 13.2. The van der Waals surface area contributed by atoms with Crippen molar-refractivity contribution in [2.24, 2.45) is 0 Å². The van der Waals surface area contributed by atoms with E-state index in [1.807, 2.05) is 57.0 Å². The van der Waals surface area contributed by atoms with Crippen LogP contribution in [-0.4, -0.2) is 24.4 Å². The number of amides is 1. The minimum Gasteiger partial charge on any atom is -0.342 e. The number of hydrogen-bond acceptors (Lipinski definition) is 1. The molecular weight excluding hydrogens is 234 g/mol. The van der Waals surface area contributed by atoms with Crippen LogP contribution in [0.25, 0.3) is 0 Å². The molecule has 0 heterocycles. The number of aryl methyl sites for hydroxylation is 1. The van der Waals surface area contributed by atoms with Gasteiger partial charge in [0.1, 0.15) is 0 Å². The molecule has 1 aromatic carbocycles. The van der Waals surface area contributed by atoms with Crippen molar-refractivity contribution in [1.82, 2.24) is 4.90 Å². The van der Waals surface area contributed by atoms with E-state index in [1.165, 1.54) is 19.3 Å². The summed E-state index contributed by atoms with van der Waals surface area (Å²) in [7, 11) is 1.89. The summed E-state index contributed by atoms with van der Waals surface area (Å²) in [6.45, 7) is 9.06. The monoisotopic (exact) mass is 263 g/mol. The van der Waals surface area contributed by atoms with Gasteiger partial charge in [0.15, 0.2) is 0 Å². The average Bonchev–Trinajstić information content (AvgIpc) is 2.44. The quantitative estimate of drug-likeness (QED) is 0.683. The van der Waals surface area contributed by atoms with E-state index in [-0.39, 0.29) is 5.91 Å². The Labute approximate surface area is 118 Å². The predicted molar refractivity (Wildman–Crippen MR) is 83.6 cm³/mol. The number of hydrogen-bond donors (Lipinski definition) is 0. The first-order valence-corrected chi connectivity index (χ1v) is 7.47. The summed E-state index contributed by atoms with van der Waals surface area (Å²) in [5.74, 6) is 0.130. The van der Waals surface area contributed by atoms with E-state index < -0.39 is 0 Å². The Hall–Kier alpha value is -1.31. The normalized spacial score (nSPS) is 9.53. The lowest BCUT2D eigenvalue weighted by atomic mass is 10.1. The van der Waals surface area contributed by atoms with Crippen molar-refractivity contribution in [3.05, 3.63) is 35.4 Å². The Morgan fingerprint density at radius 1 is 1.16 bits per heavy atom. The van der Waals surface area contributed by atoms with Gasteiger partial charge in [-0.2, -0.15) is 0 Å². The zero-order chi connectivity index (χ0) is 14.7. The van der Waals surface area contributed by atoms with Crippen LogP contribution in [0.2, 0.25) is 0 Å². The molecule has 0 atom stereocenters. The van der Waals surface area contributed by atoms with Crippen molar-refractivity contribution in [3.8, 4) is 0 Å². The molecule has 0 aromatic heterocycles. The third kappa shape index (κ3) is 7.00. The Bertz CT molecular complexity index is 360. The van der Waals surface area contributed by atoms with Gasteiger partial charge in [0.05, 0.1) is 0 Å². The van der Waals surface area contributed by atoms with Gasteiger partial charge >= 0.3 is 0 Å². The van der Waals surface area contributed by atoms with Gasteiger partial charge in [0, 0.05) is 19.2 Å². The van der Waals surface area contributed by atoms with Gasteiger partial charge in [0.25, 0.3) is 5.91 Å². The van der Waals surface area contributed by atoms with E-state index in [0.29, 0.717) is 0 Å². The number of carbonyl (C=O) groups is 1. The van der Waals surface area contributed by atoms with Gasteiger partial charge in [0.2, 0.25) is 0 Å². The van der Waals surface area contributed by atoms with Gasteiger partial charge in [-0.05, 0) is 25.5 Å². The van der Waals surface area contributed by atoms with Crippen LogP contribution in [0.4, 0.5) is 0 Å². The van der Waals surface area contributed by atoms with Crippen molar-refractivity contribution in [3.63, 3.8) is 0 Å². The molecule has 0 aliphatic rings. The van der Waals surface area contributed by atoms with Crippen LogP contribution in [-0.2, 0) is 0 Å². The second-order valence-electron chi connectivity index (χ2n) is 4.66. The summed E-state index contributed by atoms with van der Waals surface area (Å²) in [4.78, 5) is 13.9. The molecule has 108 valence electrons. The van der Waals surface area contributed by atoms with Gasteiger partial charge in [-0.3, -0.25) is 4.79 Å². The van der Waals surface area contributed by atoms with Crippen molar-refractivity contribution in [2.45, 2.75) is 53.4 Å². The molecule has 0 spiro atoms. The number of carbonyl (C=O) groups excluding carboxylic acids is 1. The minimum atomic E-state index is 0.130. The number of rotatable bonds is 6. The molecule has 1 amide bonds. The molecule has 1 rings (SSSR count). The highest BCUT2D eigenvalue weighted by Gasteiger charge is 2.10. The largest absolute Gasteiger partial charge is 0.342 e. The van der Waals surface area contributed by atoms with Gasteiger partial charge in [-0.1, -0.05) is 57.7 Å². The highest BCUT2D eigenvalue weighted by Crippen LogP contribution is 2.08. The molecule has 2 heteroatoms. The minimum absolute atomic E-state index is 0.130. The van der Waals surface area contributed by atoms with Crippen molar-refractivity contribution in [2.75, 3.05) is 13.6 Å². The maximum absolute atomic E-state index is 12.1. The lowest BCUT2D eigenvalue weighted by molar-refractivity contribution is 0.0792. The van der Waals surface area contributed by atoms with Crippen LogP contribution in [0.5, 0.6) is 0 Å². The van der Waals surface area contributed by atoms with Gasteiger partial charge < -0.3 is 4.90 Å². The lowest BCUT2D eigenvalue weighted by Crippen LogP contribution is -2.27. The average molecular weight is 263 g/mol. The predicted octanol–water partition coefficient (Wildman–Crippen LogP) is 4.67. The summed E-state index contributed by atoms with van der Waals surface area (Å²) >= 11 is 0. The highest BCUT2D eigenvalue weighted by atomic mass is 16.2. The van der Waals surface area contributed by atoms with Crippen LogP contribution in [0, 0.1) is 6.92 Å². The Morgan fingerprint density at radius 2 is 1.84 bits per heavy atom. The fourth-order valence-electron chi connectivity index (χ4n) is 1.88. The van der Waals surface area contributed by atoms with E-state index in [2.05, 4.69) is 6.92 Å². The summed E-state index contributed by atoms with van der Waals surface area (Å²) in [5, 5.41) is 0. The van der Waals surface area contributed by atoms with E-state index in [0.717, 1.165) is 24.1 Å². The third-order valence-electron chi connectivity index (χ3n) is 2.96. The fourth-order valence-corrected chi connectivity index (χ4v) is 1.88. The summed E-state index contributed by atoms with van der Waals surface area (Å²) in [6, 6.07) is 7.79. The first kappa shape index (κ1) is 17.7. The first-order valence-electron chi connectivity index (χ1n) is 7.47. The first-order chi connectivity index (χ1) is 9.15. The Kier molecular flexibility index (Phi) is 9.87. The molecule has 0 aliphatic heterocycles. The molecule has 0 unspecified atom stereocenters. The zero-order valence-corrected chi connectivity index (χ0v) is 13.2. The van der Waals surface area contributed by atoms with Crippen LogP contribution in [0.15, 0.2) is 24.3 Å². The molecule has 0 N–H and O–H groups in total. The second-order valence-corrected chi connectivity index (χ2v) is 4.66. The molecule has 0 fully saturated rings. The molecule has 0 aliphatic carbocycles. The highest BCUT2D eigenvalue weighted by molar-refractivity contribution is 5.94. The molecule has 0 bridgehead atoms. The fraction of sp³-hybridized carbons (Fsp3) is 0.588. The van der Waals surface area contributed by atoms with Gasteiger partial charge in [-0.25, -0.2) is 0 Å². The molecule has 0 radical (unpaired) electrons. The summed E-state index contributed by atoms with van der Waals surface area (Å²) < 4.78 is 0. The van der Waals surface area contributed by atoms with Crippen LogP contribution < -0.4 is 0 Å². The maximum atomic E-state index is 12.1. The van der Waals surface area contributed by atoms with E-state index in [4.69, 9.17) is 0 Å².